The highest BCUT2D eigenvalue weighted by Crippen LogP contribution is 2.30. The SMILES string of the molecule is CC/C=C/[C@@H](OC(N)=O)[C@@H](Cl)[C@H](O)CC(=O)[C@@H](O)[C@H](O)[C@H](C)/C(Cl)=C/C=C/C=C(C)/C=C/C=C/C(=O)OC[C@@H]1C[C@H](C(=O)O)CC[C@@H]1O. The third-order valence-corrected chi connectivity index (χ3v) is 8.67. The van der Waals surface area contributed by atoms with E-state index >= 15 is 0 Å². The molecule has 0 heterocycles. The maximum atomic E-state index is 12.6. The van der Waals surface area contributed by atoms with E-state index in [9.17, 15) is 44.7 Å². The number of hydrogen-bond donors (Lipinski definition) is 6. The molecule has 0 saturated heterocycles. The van der Waals surface area contributed by atoms with Crippen molar-refractivity contribution in [2.45, 2.75) is 88.8 Å². The Labute approximate surface area is 290 Å². The summed E-state index contributed by atoms with van der Waals surface area (Å²) in [6, 6.07) is 0. The number of primary amides is 1. The van der Waals surface area contributed by atoms with Crippen LogP contribution < -0.4 is 5.73 Å². The Morgan fingerprint density at radius 2 is 1.67 bits per heavy atom. The molecule has 12 nitrogen and oxygen atoms in total. The first-order chi connectivity index (χ1) is 22.6. The number of aliphatic hydroxyl groups is 4. The summed E-state index contributed by atoms with van der Waals surface area (Å²) in [5.41, 5.74) is 5.85. The quantitative estimate of drug-likeness (QED) is 0.0371. The summed E-state index contributed by atoms with van der Waals surface area (Å²) < 4.78 is 10.0. The van der Waals surface area contributed by atoms with Crippen LogP contribution in [0.2, 0.25) is 0 Å². The number of carbonyl (C=O) groups is 4. The minimum Gasteiger partial charge on any atom is -0.481 e. The molecule has 0 radical (unpaired) electrons. The Balaban J connectivity index is 2.62. The number of aliphatic hydroxyl groups excluding tert-OH is 4. The highest BCUT2D eigenvalue weighted by Gasteiger charge is 2.35. The number of esters is 1. The lowest BCUT2D eigenvalue weighted by molar-refractivity contribution is -0.147. The van der Waals surface area contributed by atoms with Gasteiger partial charge in [0.25, 0.3) is 0 Å². The van der Waals surface area contributed by atoms with Crippen LogP contribution in [-0.2, 0) is 23.9 Å². The minimum atomic E-state index is -1.88. The largest absolute Gasteiger partial charge is 0.481 e. The van der Waals surface area contributed by atoms with Crippen molar-refractivity contribution in [2.75, 3.05) is 6.61 Å². The molecule has 1 amide bonds. The second-order valence-corrected chi connectivity index (χ2v) is 12.5. The number of halogens is 2. The third kappa shape index (κ3) is 15.8. The van der Waals surface area contributed by atoms with Crippen LogP contribution in [-0.4, -0.2) is 91.9 Å². The van der Waals surface area contributed by atoms with Gasteiger partial charge in [-0.2, -0.15) is 0 Å². The maximum Gasteiger partial charge on any atom is 0.405 e. The monoisotopic (exact) mass is 715 g/mol. The zero-order chi connectivity index (χ0) is 36.4. The lowest BCUT2D eigenvalue weighted by Crippen LogP contribution is -2.43. The third-order valence-electron chi connectivity index (χ3n) is 7.67. The van der Waals surface area contributed by atoms with Crippen molar-refractivity contribution < 1.29 is 54.2 Å². The van der Waals surface area contributed by atoms with Crippen LogP contribution >= 0.6 is 23.2 Å². The second-order valence-electron chi connectivity index (χ2n) is 11.5. The number of ether oxygens (including phenoxy) is 2. The van der Waals surface area contributed by atoms with E-state index in [1.165, 1.54) is 31.2 Å². The number of carboxylic acid groups (broad SMARTS) is 1. The number of carbonyl (C=O) groups excluding carboxylic acids is 3. The summed E-state index contributed by atoms with van der Waals surface area (Å²) in [5.74, 6) is -4.26. The summed E-state index contributed by atoms with van der Waals surface area (Å²) in [7, 11) is 0. The number of rotatable bonds is 19. The molecule has 0 bridgehead atoms. The van der Waals surface area contributed by atoms with E-state index in [0.717, 1.165) is 5.57 Å². The minimum absolute atomic E-state index is 0.0623. The van der Waals surface area contributed by atoms with Crippen molar-refractivity contribution in [2.24, 2.45) is 23.5 Å². The van der Waals surface area contributed by atoms with Gasteiger partial charge in [0, 0.05) is 29.4 Å². The first-order valence-electron chi connectivity index (χ1n) is 15.6. The molecule has 7 N–H and O–H groups in total. The van der Waals surface area contributed by atoms with Crippen LogP contribution in [0.1, 0.15) is 52.9 Å². The molecule has 0 aliphatic heterocycles. The van der Waals surface area contributed by atoms with Gasteiger partial charge in [0.2, 0.25) is 0 Å². The van der Waals surface area contributed by atoms with Crippen LogP contribution in [0, 0.1) is 17.8 Å². The van der Waals surface area contributed by atoms with Crippen molar-refractivity contribution in [1.29, 1.82) is 0 Å². The molecule has 9 atom stereocenters. The summed E-state index contributed by atoms with van der Waals surface area (Å²) >= 11 is 12.5. The van der Waals surface area contributed by atoms with Gasteiger partial charge in [0.15, 0.2) is 5.78 Å². The molecule has 0 spiro atoms. The molecule has 268 valence electrons. The normalized spacial score (nSPS) is 23.2. The summed E-state index contributed by atoms with van der Waals surface area (Å²) in [5, 5.41) is 49.5. The fraction of sp³-hybridized carbons (Fsp3) is 0.529. The molecule has 0 unspecified atom stereocenters. The number of alkyl halides is 1. The maximum absolute atomic E-state index is 12.6. The molecule has 14 heteroatoms. The van der Waals surface area contributed by atoms with Gasteiger partial charge in [-0.15, -0.1) is 11.6 Å². The van der Waals surface area contributed by atoms with E-state index in [2.05, 4.69) is 0 Å². The van der Waals surface area contributed by atoms with Gasteiger partial charge >= 0.3 is 18.0 Å². The topological polar surface area (TPSA) is 214 Å². The molecular formula is C34H47Cl2NO11. The Bertz CT molecular complexity index is 1260. The van der Waals surface area contributed by atoms with Crippen LogP contribution in [0.5, 0.6) is 0 Å². The Morgan fingerprint density at radius 3 is 2.29 bits per heavy atom. The van der Waals surface area contributed by atoms with Crippen molar-refractivity contribution in [3.05, 3.63) is 71.4 Å². The molecule has 1 saturated carbocycles. The molecule has 1 aliphatic carbocycles. The zero-order valence-corrected chi connectivity index (χ0v) is 28.7. The second kappa shape index (κ2) is 22.4. The van der Waals surface area contributed by atoms with Crippen LogP contribution in [0.4, 0.5) is 4.79 Å². The summed E-state index contributed by atoms with van der Waals surface area (Å²) in [6.45, 7) is 5.07. The fourth-order valence-electron chi connectivity index (χ4n) is 4.69. The smallest absolute Gasteiger partial charge is 0.405 e. The lowest BCUT2D eigenvalue weighted by atomic mass is 9.80. The number of hydrogen-bond acceptors (Lipinski definition) is 10. The number of allylic oxidation sites excluding steroid dienone is 9. The van der Waals surface area contributed by atoms with Gasteiger partial charge in [-0.05, 0) is 44.8 Å². The van der Waals surface area contributed by atoms with Crippen LogP contribution in [0.25, 0.3) is 0 Å². The van der Waals surface area contributed by atoms with E-state index in [0.29, 0.717) is 19.3 Å². The first kappa shape index (κ1) is 42.8. The highest BCUT2D eigenvalue weighted by atomic mass is 35.5. The van der Waals surface area contributed by atoms with Crippen molar-refractivity contribution >= 4 is 47.0 Å². The number of nitrogens with two attached hydrogens (primary N) is 1. The molecule has 0 aromatic carbocycles. The van der Waals surface area contributed by atoms with Gasteiger partial charge in [-0.1, -0.05) is 73.6 Å². The number of ketones is 1. The standard InChI is InChI=1S/C34H47Cl2NO11/c1-4-5-13-28(48-34(37)46)30(36)26(39)18-27(40)32(43)31(42)21(3)24(35)12-8-6-10-20(2)11-7-9-14-29(41)47-19-23-17-22(33(44)45)15-16-25(23)38/h5-14,21-23,25-26,28,30-32,38-39,42-43H,4,15-19H2,1-3H3,(H2,37,46)(H,44,45)/b8-6+,11-7+,13-5+,14-9+,20-10+,24-12-/t21-,22-,23+,25+,26-,28-,30+,31-,32-/m1/s1. The van der Waals surface area contributed by atoms with Crippen molar-refractivity contribution in [3.63, 3.8) is 0 Å². The van der Waals surface area contributed by atoms with Gasteiger partial charge in [0.1, 0.15) is 17.6 Å². The van der Waals surface area contributed by atoms with E-state index in [1.54, 1.807) is 43.4 Å². The van der Waals surface area contributed by atoms with E-state index < -0.39 is 83.9 Å². The molecule has 1 fully saturated rings. The number of Topliss-reactive ketones (excluding diaryl/α,β-unsaturated/α-hetero) is 1. The number of aliphatic carboxylic acids is 1. The number of carboxylic acids is 1. The Kier molecular flexibility index (Phi) is 19.9. The number of amides is 1. The first-order valence-corrected chi connectivity index (χ1v) is 16.4. The van der Waals surface area contributed by atoms with Gasteiger partial charge in [0.05, 0.1) is 30.8 Å². The fourth-order valence-corrected chi connectivity index (χ4v) is 5.12. The molecule has 48 heavy (non-hydrogen) atoms. The van der Waals surface area contributed by atoms with E-state index in [4.69, 9.17) is 38.4 Å². The van der Waals surface area contributed by atoms with Crippen LogP contribution in [0.15, 0.2) is 71.4 Å². The lowest BCUT2D eigenvalue weighted by Gasteiger charge is -2.30. The average Bonchev–Trinajstić information content (AvgIpc) is 3.04. The molecule has 0 aromatic rings. The van der Waals surface area contributed by atoms with Crippen molar-refractivity contribution in [1.82, 2.24) is 0 Å². The van der Waals surface area contributed by atoms with E-state index in [-0.39, 0.29) is 18.1 Å². The Morgan fingerprint density at radius 1 is 1.02 bits per heavy atom. The summed E-state index contributed by atoms with van der Waals surface area (Å²) in [6.07, 6.45) is 8.58. The molecule has 1 aliphatic rings. The van der Waals surface area contributed by atoms with Gasteiger partial charge in [-0.25, -0.2) is 9.59 Å². The molecular weight excluding hydrogens is 669 g/mol. The van der Waals surface area contributed by atoms with E-state index in [1.807, 2.05) is 6.92 Å². The van der Waals surface area contributed by atoms with Crippen molar-refractivity contribution in [3.8, 4) is 0 Å². The zero-order valence-electron chi connectivity index (χ0n) is 27.2. The van der Waals surface area contributed by atoms with Gasteiger partial charge < -0.3 is 40.7 Å². The molecule has 1 rings (SSSR count). The average molecular weight is 717 g/mol. The van der Waals surface area contributed by atoms with Crippen LogP contribution in [0.3, 0.4) is 0 Å². The highest BCUT2D eigenvalue weighted by molar-refractivity contribution is 6.30. The Hall–Kier alpha value is -3.26. The molecule has 0 aromatic heterocycles. The predicted octanol–water partition coefficient (Wildman–Crippen LogP) is 3.84. The summed E-state index contributed by atoms with van der Waals surface area (Å²) in [4.78, 5) is 46.9. The van der Waals surface area contributed by atoms with Gasteiger partial charge in [-0.3, -0.25) is 9.59 Å². The predicted molar refractivity (Wildman–Crippen MR) is 181 cm³/mol.